The van der Waals surface area contributed by atoms with E-state index in [1.165, 1.54) is 31.2 Å². The highest BCUT2D eigenvalue weighted by molar-refractivity contribution is 5.79. The maximum absolute atomic E-state index is 13.3. The Hall–Kier alpha value is -1.42. The number of carbonyl (C=O) groups excluding carboxylic acids is 1. The second-order valence-electron chi connectivity index (χ2n) is 9.62. The van der Waals surface area contributed by atoms with Crippen molar-refractivity contribution in [2.45, 2.75) is 77.4 Å². The van der Waals surface area contributed by atoms with Crippen molar-refractivity contribution in [3.05, 3.63) is 30.1 Å². The third-order valence-electron chi connectivity index (χ3n) is 6.09. The Labute approximate surface area is 164 Å². The van der Waals surface area contributed by atoms with Gasteiger partial charge in [-0.15, -0.1) is 0 Å². The molecule has 0 spiro atoms. The summed E-state index contributed by atoms with van der Waals surface area (Å²) in [7, 11) is 1.99. The van der Waals surface area contributed by atoms with Crippen molar-refractivity contribution in [2.24, 2.45) is 17.8 Å². The number of pyridine rings is 1. The highest BCUT2D eigenvalue weighted by Gasteiger charge is 2.37. The van der Waals surface area contributed by atoms with Crippen molar-refractivity contribution < 1.29 is 9.53 Å². The first-order valence-corrected chi connectivity index (χ1v) is 10.6. The highest BCUT2D eigenvalue weighted by Crippen LogP contribution is 2.36. The van der Waals surface area contributed by atoms with Gasteiger partial charge in [-0.2, -0.15) is 0 Å². The SMILES string of the molecule is CN(CC1CC(OC(C)(C)C)C1)C(=O)C(Cc1cccnc1)C1CCCC1. The summed E-state index contributed by atoms with van der Waals surface area (Å²) < 4.78 is 6.04. The molecule has 1 amide bonds. The van der Waals surface area contributed by atoms with Crippen LogP contribution in [0.5, 0.6) is 0 Å². The third-order valence-corrected chi connectivity index (χ3v) is 6.09. The summed E-state index contributed by atoms with van der Waals surface area (Å²) in [5.41, 5.74) is 1.10. The number of amides is 1. The molecule has 1 unspecified atom stereocenters. The minimum absolute atomic E-state index is 0.0748. The third kappa shape index (κ3) is 5.78. The highest BCUT2D eigenvalue weighted by atomic mass is 16.5. The molecular formula is C23H36N2O2. The lowest BCUT2D eigenvalue weighted by atomic mass is 9.80. The molecule has 1 aromatic heterocycles. The average Bonchev–Trinajstić information content (AvgIpc) is 3.11. The van der Waals surface area contributed by atoms with Gasteiger partial charge in [-0.3, -0.25) is 9.78 Å². The van der Waals surface area contributed by atoms with Gasteiger partial charge in [0.05, 0.1) is 11.7 Å². The Bertz CT molecular complexity index is 599. The first kappa shape index (κ1) is 20.3. The molecule has 2 aliphatic rings. The van der Waals surface area contributed by atoms with Crippen LogP contribution >= 0.6 is 0 Å². The van der Waals surface area contributed by atoms with E-state index in [4.69, 9.17) is 4.74 Å². The van der Waals surface area contributed by atoms with Gasteiger partial charge in [0.25, 0.3) is 0 Å². The molecule has 3 rings (SSSR count). The predicted octanol–water partition coefficient (Wildman–Crippen LogP) is 4.48. The molecule has 0 aliphatic heterocycles. The summed E-state index contributed by atoms with van der Waals surface area (Å²) in [5, 5.41) is 0. The van der Waals surface area contributed by atoms with Crippen LogP contribution in [0, 0.1) is 17.8 Å². The monoisotopic (exact) mass is 372 g/mol. The van der Waals surface area contributed by atoms with Crippen molar-refractivity contribution in [1.82, 2.24) is 9.88 Å². The van der Waals surface area contributed by atoms with Crippen LogP contribution in [-0.4, -0.2) is 41.1 Å². The molecule has 4 nitrogen and oxygen atoms in total. The van der Waals surface area contributed by atoms with E-state index >= 15 is 0 Å². The Balaban J connectivity index is 1.55. The van der Waals surface area contributed by atoms with E-state index in [1.54, 1.807) is 6.20 Å². The fraction of sp³-hybridized carbons (Fsp3) is 0.739. The molecule has 0 aromatic carbocycles. The number of hydrogen-bond donors (Lipinski definition) is 0. The van der Waals surface area contributed by atoms with Gasteiger partial charge in [0.2, 0.25) is 5.91 Å². The molecular weight excluding hydrogens is 336 g/mol. The van der Waals surface area contributed by atoms with E-state index in [2.05, 4.69) is 31.8 Å². The Morgan fingerprint density at radius 3 is 2.59 bits per heavy atom. The number of ether oxygens (including phenoxy) is 1. The fourth-order valence-corrected chi connectivity index (χ4v) is 4.77. The summed E-state index contributed by atoms with van der Waals surface area (Å²) in [4.78, 5) is 19.5. The van der Waals surface area contributed by atoms with Crippen LogP contribution in [0.1, 0.15) is 64.9 Å². The number of rotatable bonds is 7. The van der Waals surface area contributed by atoms with E-state index in [9.17, 15) is 4.79 Å². The number of hydrogen-bond acceptors (Lipinski definition) is 3. The van der Waals surface area contributed by atoms with Crippen LogP contribution in [0.2, 0.25) is 0 Å². The van der Waals surface area contributed by atoms with Gasteiger partial charge in [-0.05, 0) is 76.3 Å². The predicted molar refractivity (Wildman–Crippen MR) is 108 cm³/mol. The van der Waals surface area contributed by atoms with Gasteiger partial charge in [0.1, 0.15) is 0 Å². The lowest BCUT2D eigenvalue weighted by Crippen LogP contribution is -2.45. The zero-order valence-corrected chi connectivity index (χ0v) is 17.5. The second kappa shape index (κ2) is 8.72. The molecule has 0 N–H and O–H groups in total. The average molecular weight is 373 g/mol. The van der Waals surface area contributed by atoms with Crippen LogP contribution in [0.3, 0.4) is 0 Å². The molecule has 0 saturated heterocycles. The van der Waals surface area contributed by atoms with E-state index < -0.39 is 0 Å². The molecule has 0 radical (unpaired) electrons. The van der Waals surface area contributed by atoms with Gasteiger partial charge in [0, 0.05) is 31.9 Å². The summed E-state index contributed by atoms with van der Waals surface area (Å²) in [6, 6.07) is 4.07. The molecule has 150 valence electrons. The quantitative estimate of drug-likeness (QED) is 0.708. The molecule has 1 atom stereocenters. The van der Waals surface area contributed by atoms with Crippen molar-refractivity contribution >= 4 is 5.91 Å². The molecule has 1 aromatic rings. The summed E-state index contributed by atoms with van der Waals surface area (Å²) in [5.74, 6) is 1.53. The largest absolute Gasteiger partial charge is 0.373 e. The number of nitrogens with zero attached hydrogens (tertiary/aromatic N) is 2. The Morgan fingerprint density at radius 1 is 1.30 bits per heavy atom. The first-order valence-electron chi connectivity index (χ1n) is 10.6. The molecule has 2 fully saturated rings. The molecule has 0 bridgehead atoms. The molecule has 27 heavy (non-hydrogen) atoms. The minimum atomic E-state index is -0.0748. The lowest BCUT2D eigenvalue weighted by molar-refractivity contribution is -0.141. The fourth-order valence-electron chi connectivity index (χ4n) is 4.77. The van der Waals surface area contributed by atoms with E-state index in [0.29, 0.717) is 23.8 Å². The van der Waals surface area contributed by atoms with E-state index in [-0.39, 0.29) is 11.5 Å². The standard InChI is InChI=1S/C23H36N2O2/c1-23(2,3)27-20-12-18(13-20)16-25(4)22(26)21(19-9-5-6-10-19)14-17-8-7-11-24-15-17/h7-8,11,15,18-21H,5-6,9-10,12-14,16H2,1-4H3. The summed E-state index contributed by atoms with van der Waals surface area (Å²) >= 11 is 0. The van der Waals surface area contributed by atoms with Gasteiger partial charge < -0.3 is 9.64 Å². The van der Waals surface area contributed by atoms with E-state index in [0.717, 1.165) is 25.8 Å². The zero-order chi connectivity index (χ0) is 19.4. The maximum Gasteiger partial charge on any atom is 0.226 e. The van der Waals surface area contributed by atoms with Crippen LogP contribution in [0.4, 0.5) is 0 Å². The molecule has 4 heteroatoms. The zero-order valence-electron chi connectivity index (χ0n) is 17.5. The molecule has 1 heterocycles. The van der Waals surface area contributed by atoms with Gasteiger partial charge >= 0.3 is 0 Å². The van der Waals surface area contributed by atoms with Crippen molar-refractivity contribution in [3.8, 4) is 0 Å². The van der Waals surface area contributed by atoms with Crippen LogP contribution in [-0.2, 0) is 16.0 Å². The number of carbonyl (C=O) groups is 1. The second-order valence-corrected chi connectivity index (χ2v) is 9.62. The Kier molecular flexibility index (Phi) is 6.56. The van der Waals surface area contributed by atoms with Crippen molar-refractivity contribution in [2.75, 3.05) is 13.6 Å². The summed E-state index contributed by atoms with van der Waals surface area (Å²) in [6.45, 7) is 7.20. The smallest absolute Gasteiger partial charge is 0.226 e. The minimum Gasteiger partial charge on any atom is -0.373 e. The topological polar surface area (TPSA) is 42.4 Å². The van der Waals surface area contributed by atoms with E-state index in [1.807, 2.05) is 24.2 Å². The van der Waals surface area contributed by atoms with Crippen LogP contribution in [0.25, 0.3) is 0 Å². The number of aromatic nitrogens is 1. The molecule has 2 saturated carbocycles. The van der Waals surface area contributed by atoms with Crippen molar-refractivity contribution in [1.29, 1.82) is 0 Å². The van der Waals surface area contributed by atoms with Gasteiger partial charge in [0.15, 0.2) is 0 Å². The molecule has 2 aliphatic carbocycles. The normalized spacial score (nSPS) is 24.4. The summed E-state index contributed by atoms with van der Waals surface area (Å²) in [6.07, 6.45) is 12.0. The first-order chi connectivity index (χ1) is 12.8. The van der Waals surface area contributed by atoms with Crippen LogP contribution < -0.4 is 0 Å². The van der Waals surface area contributed by atoms with Crippen molar-refractivity contribution in [3.63, 3.8) is 0 Å². The van der Waals surface area contributed by atoms with Gasteiger partial charge in [-0.25, -0.2) is 0 Å². The Morgan fingerprint density at radius 2 is 2.00 bits per heavy atom. The maximum atomic E-state index is 13.3. The van der Waals surface area contributed by atoms with Crippen LogP contribution in [0.15, 0.2) is 24.5 Å². The van der Waals surface area contributed by atoms with Gasteiger partial charge in [-0.1, -0.05) is 18.9 Å². The lowest BCUT2D eigenvalue weighted by Gasteiger charge is -2.41.